The molecule has 4 N–H and O–H groups in total. The molecule has 0 bridgehead atoms. The monoisotopic (exact) mass is 1260 g/mol. The molecule has 0 aromatic carbocycles. The number of rotatable bonds is 55. The number of nitrogens with one attached hydrogen (secondary N) is 2. The maximum absolute atomic E-state index is 11.8. The van der Waals surface area contributed by atoms with Crippen LogP contribution in [0.1, 0.15) is 173 Å². The minimum atomic E-state index is -1.08. The summed E-state index contributed by atoms with van der Waals surface area (Å²) < 4.78 is 47.7. The highest BCUT2D eigenvalue weighted by atomic mass is 16.5. The molecular formula is C63H112N2O23. The fourth-order valence-corrected chi connectivity index (χ4v) is 6.68. The van der Waals surface area contributed by atoms with Crippen LogP contribution in [0.5, 0.6) is 0 Å². The van der Waals surface area contributed by atoms with Gasteiger partial charge in [-0.05, 0) is 46.0 Å². The van der Waals surface area contributed by atoms with Crippen molar-refractivity contribution in [2.45, 2.75) is 173 Å². The number of aliphatic carboxylic acids is 2. The van der Waals surface area contributed by atoms with Gasteiger partial charge in [-0.15, -0.1) is 0 Å². The lowest BCUT2D eigenvalue weighted by Gasteiger charge is -2.16. The first-order valence-electron chi connectivity index (χ1n) is 30.3. The molecular weight excluding hydrogens is 1150 g/mol. The maximum Gasteiger partial charge on any atom is 0.306 e. The SMILES string of the molecule is C.CC(=O)C[C@@H](CCC(=O)NCCOCCOCC(=O)CCCOCCOCC(=O)C(C)(C)C)C(=O)O.CC(=O)C[C@@H](CCC(=O)NCCOCCOCC(=O)CCCOCCOCC(=O)C(C)C)C(=O)O.CCC(=O)CCCOCCC(=O)C(C)(C)C. The molecule has 0 rings (SSSR count). The Hall–Kier alpha value is -5.12. The molecule has 0 saturated carbocycles. The predicted molar refractivity (Wildman–Crippen MR) is 328 cm³/mol. The summed E-state index contributed by atoms with van der Waals surface area (Å²) in [6.45, 7) is 24.9. The van der Waals surface area contributed by atoms with Gasteiger partial charge in [-0.25, -0.2) is 0 Å². The molecule has 0 fully saturated rings. The number of Topliss-reactive ketones (excluding diaryl/α,β-unsaturated/α-hetero) is 8. The van der Waals surface area contributed by atoms with E-state index in [1.165, 1.54) is 13.8 Å². The summed E-state index contributed by atoms with van der Waals surface area (Å²) in [7, 11) is 0. The van der Waals surface area contributed by atoms with Gasteiger partial charge in [-0.3, -0.25) is 47.9 Å². The van der Waals surface area contributed by atoms with Gasteiger partial charge in [0.15, 0.2) is 23.1 Å². The van der Waals surface area contributed by atoms with Crippen LogP contribution in [0.15, 0.2) is 0 Å². The van der Waals surface area contributed by atoms with Crippen molar-refractivity contribution in [3.05, 3.63) is 0 Å². The van der Waals surface area contributed by atoms with Crippen molar-refractivity contribution in [2.75, 3.05) is 132 Å². The van der Waals surface area contributed by atoms with Gasteiger partial charge in [-0.2, -0.15) is 0 Å². The molecule has 512 valence electrons. The Labute approximate surface area is 523 Å². The van der Waals surface area contributed by atoms with Crippen molar-refractivity contribution >= 4 is 70.0 Å². The van der Waals surface area contributed by atoms with Crippen LogP contribution in [0.4, 0.5) is 0 Å². The first-order chi connectivity index (χ1) is 40.9. The lowest BCUT2D eigenvalue weighted by Crippen LogP contribution is -2.29. The zero-order valence-corrected chi connectivity index (χ0v) is 54.2. The second kappa shape index (κ2) is 57.1. The molecule has 0 heterocycles. The number of hydrogen-bond donors (Lipinski definition) is 4. The Morgan fingerprint density at radius 2 is 0.727 bits per heavy atom. The van der Waals surface area contributed by atoms with Crippen LogP contribution < -0.4 is 10.6 Å². The van der Waals surface area contributed by atoms with E-state index in [-0.39, 0.29) is 195 Å². The van der Waals surface area contributed by atoms with Gasteiger partial charge in [-0.1, -0.05) is 69.7 Å². The Bertz CT molecular complexity index is 1980. The van der Waals surface area contributed by atoms with Crippen LogP contribution >= 0.6 is 0 Å². The third-order valence-electron chi connectivity index (χ3n) is 12.3. The fraction of sp³-hybridized carbons (Fsp3) is 0.810. The number of hydrogen-bond acceptors (Lipinski definition) is 21. The largest absolute Gasteiger partial charge is 0.481 e. The van der Waals surface area contributed by atoms with Crippen LogP contribution in [0.25, 0.3) is 0 Å². The number of carbonyl (C=O) groups excluding carboxylic acids is 10. The molecule has 0 unspecified atom stereocenters. The highest BCUT2D eigenvalue weighted by molar-refractivity contribution is 5.86. The molecule has 0 aromatic heterocycles. The summed E-state index contributed by atoms with van der Waals surface area (Å²) in [5, 5.41) is 23.3. The number of ether oxygens (including phenoxy) is 9. The standard InChI is InChI=1S/C25H43NO10.C24H41NO10.C13H24O3.CH4/c1-19(27)16-20(24(31)32)7-8-23(30)26-9-11-34-13-14-35-17-21(28)6-5-10-33-12-15-36-18-22(29)25(2,3)4;1-18(2)22(28)17-35-14-11-32-9-4-5-21(27)16-34-13-12-33-10-8-25-23(29)7-6-20(24(30)31)15-19(3)26;1-5-11(14)7-6-9-16-10-8-12(15)13(2,3)4;/h20H,5-18H2,1-4H3,(H,26,30)(H,31,32);18,20H,4-17H2,1-3H3,(H,25,29)(H,30,31);5-10H2,1-4H3;1H4/t2*20-;;/m11../s1. The number of carboxylic acids is 2. The summed E-state index contributed by atoms with van der Waals surface area (Å²) in [5.74, 6) is -4.46. The average molecular weight is 1270 g/mol. The van der Waals surface area contributed by atoms with Crippen molar-refractivity contribution in [1.29, 1.82) is 0 Å². The topological polar surface area (TPSA) is 352 Å². The average Bonchev–Trinajstić information content (AvgIpc) is 3.54. The van der Waals surface area contributed by atoms with E-state index < -0.39 is 29.2 Å². The van der Waals surface area contributed by atoms with Crippen LogP contribution in [-0.4, -0.2) is 212 Å². The summed E-state index contributed by atoms with van der Waals surface area (Å²) in [4.78, 5) is 137. The zero-order chi connectivity index (χ0) is 66.5. The Morgan fingerprint density at radius 1 is 0.398 bits per heavy atom. The summed E-state index contributed by atoms with van der Waals surface area (Å²) in [5.41, 5.74) is -0.691. The van der Waals surface area contributed by atoms with E-state index in [0.717, 1.165) is 6.42 Å². The number of carboxylic acid groups (broad SMARTS) is 2. The second-order valence-electron chi connectivity index (χ2n) is 22.9. The van der Waals surface area contributed by atoms with Gasteiger partial charge < -0.3 is 73.1 Å². The van der Waals surface area contributed by atoms with Gasteiger partial charge in [0, 0.05) is 107 Å². The number of ketones is 8. The minimum absolute atomic E-state index is 0. The molecule has 2 amide bonds. The van der Waals surface area contributed by atoms with Crippen molar-refractivity contribution in [3.63, 3.8) is 0 Å². The van der Waals surface area contributed by atoms with E-state index in [1.807, 2.05) is 62.3 Å². The molecule has 0 aliphatic rings. The van der Waals surface area contributed by atoms with Crippen LogP contribution in [0.2, 0.25) is 0 Å². The summed E-state index contributed by atoms with van der Waals surface area (Å²) >= 11 is 0. The number of amides is 2. The highest BCUT2D eigenvalue weighted by Gasteiger charge is 2.23. The maximum atomic E-state index is 11.8. The smallest absolute Gasteiger partial charge is 0.306 e. The summed E-state index contributed by atoms with van der Waals surface area (Å²) in [6, 6.07) is 0. The molecule has 0 spiro atoms. The van der Waals surface area contributed by atoms with Crippen molar-refractivity contribution in [3.8, 4) is 0 Å². The van der Waals surface area contributed by atoms with Gasteiger partial charge in [0.2, 0.25) is 11.8 Å². The fourth-order valence-electron chi connectivity index (χ4n) is 6.68. The van der Waals surface area contributed by atoms with Crippen LogP contribution in [-0.2, 0) is 100 Å². The predicted octanol–water partition coefficient (Wildman–Crippen LogP) is 6.20. The molecule has 88 heavy (non-hydrogen) atoms. The Kier molecular flexibility index (Phi) is 57.9. The first kappa shape index (κ1) is 89.3. The summed E-state index contributed by atoms with van der Waals surface area (Å²) in [6.07, 6.45) is 4.31. The number of carbonyl (C=O) groups is 12. The molecule has 0 aliphatic heterocycles. The van der Waals surface area contributed by atoms with Crippen LogP contribution in [0, 0.1) is 28.6 Å². The third-order valence-corrected chi connectivity index (χ3v) is 12.3. The van der Waals surface area contributed by atoms with E-state index in [0.29, 0.717) is 97.8 Å². The lowest BCUT2D eigenvalue weighted by molar-refractivity contribution is -0.144. The van der Waals surface area contributed by atoms with Crippen molar-refractivity contribution in [2.24, 2.45) is 28.6 Å². The molecule has 0 aromatic rings. The van der Waals surface area contributed by atoms with Gasteiger partial charge in [0.25, 0.3) is 0 Å². The molecule has 0 aliphatic carbocycles. The molecule has 25 heteroatoms. The molecule has 25 nitrogen and oxygen atoms in total. The van der Waals surface area contributed by atoms with Gasteiger partial charge in [0.05, 0.1) is 84.5 Å². The molecule has 0 radical (unpaired) electrons. The minimum Gasteiger partial charge on any atom is -0.481 e. The van der Waals surface area contributed by atoms with E-state index in [4.69, 9.17) is 52.8 Å². The molecule has 2 atom stereocenters. The Morgan fingerprint density at radius 3 is 1.07 bits per heavy atom. The van der Waals surface area contributed by atoms with E-state index in [9.17, 15) is 57.5 Å². The quantitative estimate of drug-likeness (QED) is 0.0492. The highest BCUT2D eigenvalue weighted by Crippen LogP contribution is 2.17. The van der Waals surface area contributed by atoms with E-state index in [2.05, 4.69) is 10.6 Å². The van der Waals surface area contributed by atoms with Crippen molar-refractivity contribution in [1.82, 2.24) is 10.6 Å². The first-order valence-corrected chi connectivity index (χ1v) is 30.3. The second-order valence-corrected chi connectivity index (χ2v) is 22.9. The zero-order valence-electron chi connectivity index (χ0n) is 54.2. The lowest BCUT2D eigenvalue weighted by atomic mass is 9.89. The van der Waals surface area contributed by atoms with Crippen LogP contribution in [0.3, 0.4) is 0 Å². The third kappa shape index (κ3) is 61.1. The molecule has 0 saturated heterocycles. The normalized spacial score (nSPS) is 11.8. The Balaban J connectivity index is -0.000000640. The van der Waals surface area contributed by atoms with E-state index >= 15 is 0 Å². The van der Waals surface area contributed by atoms with Gasteiger partial charge >= 0.3 is 11.9 Å². The van der Waals surface area contributed by atoms with Gasteiger partial charge in [0.1, 0.15) is 49.6 Å². The van der Waals surface area contributed by atoms with E-state index in [1.54, 1.807) is 0 Å². The van der Waals surface area contributed by atoms with Crippen molar-refractivity contribution < 1.29 is 110 Å².